The summed E-state index contributed by atoms with van der Waals surface area (Å²) >= 11 is 1.47. The first-order valence-corrected chi connectivity index (χ1v) is 8.43. The lowest BCUT2D eigenvalue weighted by Gasteiger charge is -2.14. The summed E-state index contributed by atoms with van der Waals surface area (Å²) in [6.07, 6.45) is 3.33. The summed E-state index contributed by atoms with van der Waals surface area (Å²) in [6.45, 7) is 7.34. The molecule has 118 valence electrons. The minimum Gasteiger partial charge on any atom is -0.494 e. The molecular formula is C16H26N2O2S. The molecule has 0 bridgehead atoms. The number of carbonyl (C=O) groups excluding carboxylic acids is 1. The Morgan fingerprint density at radius 3 is 2.81 bits per heavy atom. The third kappa shape index (κ3) is 6.29. The fourth-order valence-corrected chi connectivity index (χ4v) is 2.81. The topological polar surface area (TPSA) is 64.3 Å². The number of rotatable bonds is 9. The summed E-state index contributed by atoms with van der Waals surface area (Å²) in [7, 11) is 0. The maximum atomic E-state index is 12.0. The second-order valence-electron chi connectivity index (χ2n) is 4.89. The van der Waals surface area contributed by atoms with Crippen molar-refractivity contribution in [2.75, 3.05) is 18.9 Å². The Bertz CT molecular complexity index is 452. The number of nitrogens with two attached hydrogens (primary N) is 1. The summed E-state index contributed by atoms with van der Waals surface area (Å²) in [4.78, 5) is 12.9. The zero-order valence-corrected chi connectivity index (χ0v) is 14.0. The minimum absolute atomic E-state index is 0.0531. The van der Waals surface area contributed by atoms with Crippen LogP contribution in [-0.2, 0) is 4.79 Å². The number of benzene rings is 1. The van der Waals surface area contributed by atoms with Gasteiger partial charge in [-0.25, -0.2) is 0 Å². The van der Waals surface area contributed by atoms with Crippen LogP contribution in [0.2, 0.25) is 0 Å². The quantitative estimate of drug-likeness (QED) is 0.416. The van der Waals surface area contributed by atoms with Crippen molar-refractivity contribution < 1.29 is 9.53 Å². The van der Waals surface area contributed by atoms with Gasteiger partial charge in [0.1, 0.15) is 5.75 Å². The van der Waals surface area contributed by atoms with Crippen molar-refractivity contribution >= 4 is 23.4 Å². The monoisotopic (exact) mass is 310 g/mol. The van der Waals surface area contributed by atoms with Gasteiger partial charge in [0.15, 0.2) is 0 Å². The molecule has 3 N–H and O–H groups in total. The second kappa shape index (κ2) is 9.55. The van der Waals surface area contributed by atoms with Gasteiger partial charge >= 0.3 is 0 Å². The predicted octanol–water partition coefficient (Wildman–Crippen LogP) is 3.45. The van der Waals surface area contributed by atoms with Crippen LogP contribution in [0.5, 0.6) is 5.75 Å². The highest BCUT2D eigenvalue weighted by Gasteiger charge is 2.15. The Hall–Kier alpha value is -1.36. The van der Waals surface area contributed by atoms with E-state index in [0.717, 1.165) is 36.5 Å². The predicted molar refractivity (Wildman–Crippen MR) is 89.9 cm³/mol. The van der Waals surface area contributed by atoms with Gasteiger partial charge in [0, 0.05) is 17.1 Å². The van der Waals surface area contributed by atoms with E-state index in [2.05, 4.69) is 12.2 Å². The summed E-state index contributed by atoms with van der Waals surface area (Å²) in [5.74, 6) is 0.835. The molecule has 0 saturated carbocycles. The SMILES string of the molecule is CCCCCNC(=O)C(C)Sc1cc(OCC)ccc1N. The molecule has 1 unspecified atom stereocenters. The average molecular weight is 310 g/mol. The van der Waals surface area contributed by atoms with Crippen LogP contribution in [0.25, 0.3) is 0 Å². The molecule has 5 heteroatoms. The lowest BCUT2D eigenvalue weighted by Crippen LogP contribution is -2.31. The lowest BCUT2D eigenvalue weighted by atomic mass is 10.2. The largest absolute Gasteiger partial charge is 0.494 e. The Morgan fingerprint density at radius 1 is 1.38 bits per heavy atom. The first-order valence-electron chi connectivity index (χ1n) is 7.55. The molecule has 0 aliphatic carbocycles. The van der Waals surface area contributed by atoms with E-state index in [1.807, 2.05) is 32.0 Å². The first-order chi connectivity index (χ1) is 10.1. The van der Waals surface area contributed by atoms with E-state index in [4.69, 9.17) is 10.5 Å². The van der Waals surface area contributed by atoms with E-state index in [1.165, 1.54) is 11.8 Å². The van der Waals surface area contributed by atoms with E-state index >= 15 is 0 Å². The van der Waals surface area contributed by atoms with E-state index in [-0.39, 0.29) is 11.2 Å². The number of ether oxygens (including phenoxy) is 1. The maximum Gasteiger partial charge on any atom is 0.233 e. The van der Waals surface area contributed by atoms with Crippen molar-refractivity contribution in [1.82, 2.24) is 5.32 Å². The highest BCUT2D eigenvalue weighted by Crippen LogP contribution is 2.32. The van der Waals surface area contributed by atoms with E-state index in [0.29, 0.717) is 12.3 Å². The standard InChI is InChI=1S/C16H26N2O2S/c1-4-6-7-10-18-16(19)12(3)21-15-11-13(20-5-2)8-9-14(15)17/h8-9,11-12H,4-7,10,17H2,1-3H3,(H,18,19). The van der Waals surface area contributed by atoms with Gasteiger partial charge in [-0.3, -0.25) is 4.79 Å². The molecule has 0 heterocycles. The van der Waals surface area contributed by atoms with Crippen molar-refractivity contribution in [3.63, 3.8) is 0 Å². The number of hydrogen-bond acceptors (Lipinski definition) is 4. The highest BCUT2D eigenvalue weighted by molar-refractivity contribution is 8.00. The molecule has 21 heavy (non-hydrogen) atoms. The summed E-state index contributed by atoms with van der Waals surface area (Å²) in [5.41, 5.74) is 6.64. The number of nitrogens with one attached hydrogen (secondary N) is 1. The fourth-order valence-electron chi connectivity index (χ4n) is 1.85. The molecule has 0 aliphatic heterocycles. The molecule has 1 aromatic carbocycles. The van der Waals surface area contributed by atoms with Crippen molar-refractivity contribution in [3.05, 3.63) is 18.2 Å². The molecular weight excluding hydrogens is 284 g/mol. The Morgan fingerprint density at radius 2 is 2.14 bits per heavy atom. The van der Waals surface area contributed by atoms with Gasteiger partial charge in [-0.05, 0) is 38.5 Å². The molecule has 0 aliphatic rings. The molecule has 1 atom stereocenters. The van der Waals surface area contributed by atoms with E-state index in [1.54, 1.807) is 0 Å². The number of nitrogen functional groups attached to an aromatic ring is 1. The van der Waals surface area contributed by atoms with Crippen LogP contribution in [0.1, 0.15) is 40.0 Å². The van der Waals surface area contributed by atoms with Gasteiger partial charge < -0.3 is 15.8 Å². The van der Waals surface area contributed by atoms with Gasteiger partial charge in [-0.2, -0.15) is 0 Å². The molecule has 4 nitrogen and oxygen atoms in total. The molecule has 0 fully saturated rings. The van der Waals surface area contributed by atoms with Gasteiger partial charge in [0.2, 0.25) is 5.91 Å². The Labute approximate surface area is 131 Å². The number of amides is 1. The summed E-state index contributed by atoms with van der Waals surface area (Å²) in [6, 6.07) is 5.56. The van der Waals surface area contributed by atoms with Crippen LogP contribution in [0.4, 0.5) is 5.69 Å². The fraction of sp³-hybridized carbons (Fsp3) is 0.562. The number of carbonyl (C=O) groups is 1. The molecule has 1 aromatic rings. The van der Waals surface area contributed by atoms with Crippen LogP contribution >= 0.6 is 11.8 Å². The van der Waals surface area contributed by atoms with Crippen LogP contribution < -0.4 is 15.8 Å². The van der Waals surface area contributed by atoms with Gasteiger partial charge in [-0.1, -0.05) is 19.8 Å². The zero-order valence-electron chi connectivity index (χ0n) is 13.1. The normalized spacial score (nSPS) is 12.0. The average Bonchev–Trinajstić information content (AvgIpc) is 2.47. The van der Waals surface area contributed by atoms with Crippen LogP contribution in [0.15, 0.2) is 23.1 Å². The van der Waals surface area contributed by atoms with Crippen LogP contribution in [-0.4, -0.2) is 24.3 Å². The van der Waals surface area contributed by atoms with Gasteiger partial charge in [0.25, 0.3) is 0 Å². The van der Waals surface area contributed by atoms with Crippen molar-refractivity contribution in [1.29, 1.82) is 0 Å². The molecule has 0 radical (unpaired) electrons. The van der Waals surface area contributed by atoms with Gasteiger partial charge in [-0.15, -0.1) is 11.8 Å². The summed E-state index contributed by atoms with van der Waals surface area (Å²) in [5, 5.41) is 2.79. The smallest absolute Gasteiger partial charge is 0.233 e. The number of anilines is 1. The van der Waals surface area contributed by atoms with Crippen molar-refractivity contribution in [2.24, 2.45) is 0 Å². The molecule has 1 amide bonds. The van der Waals surface area contributed by atoms with Crippen LogP contribution in [0.3, 0.4) is 0 Å². The maximum absolute atomic E-state index is 12.0. The molecule has 0 aromatic heterocycles. The minimum atomic E-state index is -0.175. The van der Waals surface area contributed by atoms with E-state index in [9.17, 15) is 4.79 Å². The van der Waals surface area contributed by atoms with E-state index < -0.39 is 0 Å². The third-order valence-corrected chi connectivity index (χ3v) is 4.22. The van der Waals surface area contributed by atoms with Crippen LogP contribution in [0, 0.1) is 0 Å². The molecule has 1 rings (SSSR count). The number of thioether (sulfide) groups is 1. The summed E-state index contributed by atoms with van der Waals surface area (Å²) < 4.78 is 5.47. The van der Waals surface area contributed by atoms with Crippen molar-refractivity contribution in [3.8, 4) is 5.75 Å². The number of unbranched alkanes of at least 4 members (excludes halogenated alkanes) is 2. The highest BCUT2D eigenvalue weighted by atomic mass is 32.2. The van der Waals surface area contributed by atoms with Crippen molar-refractivity contribution in [2.45, 2.75) is 50.2 Å². The Balaban J connectivity index is 2.54. The lowest BCUT2D eigenvalue weighted by molar-refractivity contribution is -0.120. The number of hydrogen-bond donors (Lipinski definition) is 2. The molecule has 0 saturated heterocycles. The Kier molecular flexibility index (Phi) is 8.05. The molecule has 0 spiro atoms. The zero-order chi connectivity index (χ0) is 15.7. The third-order valence-electron chi connectivity index (χ3n) is 3.05. The first kappa shape index (κ1) is 17.7. The van der Waals surface area contributed by atoms with Gasteiger partial charge in [0.05, 0.1) is 11.9 Å². The second-order valence-corrected chi connectivity index (χ2v) is 6.27.